The van der Waals surface area contributed by atoms with Gasteiger partial charge in [-0.15, -0.1) is 0 Å². The van der Waals surface area contributed by atoms with Crippen LogP contribution in [0.4, 0.5) is 5.69 Å². The van der Waals surface area contributed by atoms with E-state index in [9.17, 15) is 13.2 Å². The standard InChI is InChI=1S/C22H24ClN3O4S/c1-25(13-6-14-30-18-9-11-19(12-10-18)31(2,28)29)20-15-24-26(22(27)21(20)23)16-17-7-4-3-5-8-17/h3-5,7-12,15H,6,13-14,16H2,1-2H3. The Hall–Kier alpha value is -2.84. The highest BCUT2D eigenvalue weighted by molar-refractivity contribution is 7.90. The molecule has 0 N–H and O–H groups in total. The molecular weight excluding hydrogens is 438 g/mol. The Balaban J connectivity index is 1.55. The van der Waals surface area contributed by atoms with Crippen LogP contribution in [0.25, 0.3) is 0 Å². The van der Waals surface area contributed by atoms with Gasteiger partial charge >= 0.3 is 0 Å². The number of hydrogen-bond acceptors (Lipinski definition) is 6. The summed E-state index contributed by atoms with van der Waals surface area (Å²) in [5.74, 6) is 0.596. The van der Waals surface area contributed by atoms with Crippen LogP contribution >= 0.6 is 11.6 Å². The molecule has 0 aliphatic rings. The van der Waals surface area contributed by atoms with E-state index in [1.54, 1.807) is 18.3 Å². The molecule has 0 amide bonds. The lowest BCUT2D eigenvalue weighted by Crippen LogP contribution is -2.28. The molecule has 0 fully saturated rings. The van der Waals surface area contributed by atoms with E-state index < -0.39 is 9.84 Å². The van der Waals surface area contributed by atoms with Gasteiger partial charge in [-0.2, -0.15) is 5.10 Å². The van der Waals surface area contributed by atoms with E-state index in [1.165, 1.54) is 23.1 Å². The zero-order chi connectivity index (χ0) is 22.4. The maximum absolute atomic E-state index is 12.6. The van der Waals surface area contributed by atoms with Crippen LogP contribution in [0.1, 0.15) is 12.0 Å². The Bertz CT molecular complexity index is 1180. The van der Waals surface area contributed by atoms with Crippen LogP contribution in [-0.4, -0.2) is 44.7 Å². The highest BCUT2D eigenvalue weighted by Crippen LogP contribution is 2.20. The normalized spacial score (nSPS) is 11.3. The average Bonchev–Trinajstić information content (AvgIpc) is 2.75. The van der Waals surface area contributed by atoms with Gasteiger partial charge in [0.15, 0.2) is 9.84 Å². The number of anilines is 1. The maximum Gasteiger partial charge on any atom is 0.287 e. The van der Waals surface area contributed by atoms with Gasteiger partial charge in [-0.25, -0.2) is 13.1 Å². The lowest BCUT2D eigenvalue weighted by atomic mass is 10.2. The summed E-state index contributed by atoms with van der Waals surface area (Å²) in [4.78, 5) is 14.7. The van der Waals surface area contributed by atoms with E-state index in [2.05, 4.69) is 5.10 Å². The fourth-order valence-corrected chi connectivity index (χ4v) is 3.91. The summed E-state index contributed by atoms with van der Waals surface area (Å²) in [5, 5.41) is 4.39. The monoisotopic (exact) mass is 461 g/mol. The quantitative estimate of drug-likeness (QED) is 0.455. The number of sulfone groups is 1. The molecule has 3 aromatic rings. The van der Waals surface area contributed by atoms with Crippen LogP contribution in [0, 0.1) is 0 Å². The van der Waals surface area contributed by atoms with Gasteiger partial charge in [0.25, 0.3) is 5.56 Å². The van der Waals surface area contributed by atoms with Crippen molar-refractivity contribution >= 4 is 27.1 Å². The highest BCUT2D eigenvalue weighted by Gasteiger charge is 2.13. The summed E-state index contributed by atoms with van der Waals surface area (Å²) < 4.78 is 30.0. The van der Waals surface area contributed by atoms with Gasteiger partial charge < -0.3 is 9.64 Å². The van der Waals surface area contributed by atoms with E-state index >= 15 is 0 Å². The second-order valence-electron chi connectivity index (χ2n) is 7.16. The molecule has 0 aliphatic carbocycles. The van der Waals surface area contributed by atoms with E-state index in [0.29, 0.717) is 37.6 Å². The SMILES string of the molecule is CN(CCCOc1ccc(S(C)(=O)=O)cc1)c1cnn(Cc2ccccc2)c(=O)c1Cl. The minimum atomic E-state index is -3.22. The fraction of sp³-hybridized carbons (Fsp3) is 0.273. The lowest BCUT2D eigenvalue weighted by Gasteiger charge is -2.20. The van der Waals surface area contributed by atoms with Crippen molar-refractivity contribution in [1.82, 2.24) is 9.78 Å². The fourth-order valence-electron chi connectivity index (χ4n) is 2.99. The van der Waals surface area contributed by atoms with E-state index in [0.717, 1.165) is 5.56 Å². The van der Waals surface area contributed by atoms with Crippen LogP contribution in [0.5, 0.6) is 5.75 Å². The van der Waals surface area contributed by atoms with Gasteiger partial charge in [0.2, 0.25) is 0 Å². The predicted octanol–water partition coefficient (Wildman–Crippen LogP) is 3.25. The molecule has 0 atom stereocenters. The molecule has 9 heteroatoms. The van der Waals surface area contributed by atoms with Crippen molar-refractivity contribution in [3.63, 3.8) is 0 Å². The van der Waals surface area contributed by atoms with Crippen molar-refractivity contribution in [3.05, 3.63) is 81.7 Å². The largest absolute Gasteiger partial charge is 0.494 e. The summed E-state index contributed by atoms with van der Waals surface area (Å²) in [6.07, 6.45) is 3.43. The van der Waals surface area contributed by atoms with Crippen molar-refractivity contribution in [2.45, 2.75) is 17.9 Å². The zero-order valence-corrected chi connectivity index (χ0v) is 18.9. The highest BCUT2D eigenvalue weighted by atomic mass is 35.5. The Morgan fingerprint density at radius 3 is 2.42 bits per heavy atom. The van der Waals surface area contributed by atoms with Crippen LogP contribution in [0.15, 0.2) is 70.5 Å². The predicted molar refractivity (Wildman–Crippen MR) is 122 cm³/mol. The smallest absolute Gasteiger partial charge is 0.287 e. The Labute approximate surface area is 186 Å². The zero-order valence-electron chi connectivity index (χ0n) is 17.4. The summed E-state index contributed by atoms with van der Waals surface area (Å²) in [6, 6.07) is 15.9. The van der Waals surface area contributed by atoms with Gasteiger partial charge in [-0.1, -0.05) is 41.9 Å². The number of benzene rings is 2. The first-order valence-electron chi connectivity index (χ1n) is 9.69. The molecule has 2 aromatic carbocycles. The van der Waals surface area contributed by atoms with Gasteiger partial charge in [0.1, 0.15) is 10.8 Å². The second-order valence-corrected chi connectivity index (χ2v) is 9.55. The molecule has 0 radical (unpaired) electrons. The molecule has 0 spiro atoms. The van der Waals surface area contributed by atoms with Crippen molar-refractivity contribution in [2.24, 2.45) is 0 Å². The van der Waals surface area contributed by atoms with Crippen LogP contribution in [0.2, 0.25) is 5.02 Å². The molecule has 1 heterocycles. The summed E-state index contributed by atoms with van der Waals surface area (Å²) in [6.45, 7) is 1.39. The van der Waals surface area contributed by atoms with E-state index in [1.807, 2.05) is 42.3 Å². The molecule has 164 valence electrons. The first-order chi connectivity index (χ1) is 14.8. The number of rotatable bonds is 9. The molecule has 0 unspecified atom stereocenters. The van der Waals surface area contributed by atoms with E-state index in [-0.39, 0.29) is 15.5 Å². The van der Waals surface area contributed by atoms with Crippen LogP contribution in [-0.2, 0) is 16.4 Å². The third kappa shape index (κ3) is 6.08. The van der Waals surface area contributed by atoms with Gasteiger partial charge in [-0.05, 0) is 36.2 Å². The molecule has 3 rings (SSSR count). The summed E-state index contributed by atoms with van der Waals surface area (Å²) >= 11 is 6.32. The number of ether oxygens (including phenoxy) is 1. The maximum atomic E-state index is 12.6. The van der Waals surface area contributed by atoms with Crippen molar-refractivity contribution in [2.75, 3.05) is 31.4 Å². The summed E-state index contributed by atoms with van der Waals surface area (Å²) in [5.41, 5.74) is 1.20. The minimum absolute atomic E-state index is 0.130. The van der Waals surface area contributed by atoms with Gasteiger partial charge in [-0.3, -0.25) is 4.79 Å². The average molecular weight is 462 g/mol. The Morgan fingerprint density at radius 2 is 1.77 bits per heavy atom. The van der Waals surface area contributed by atoms with Crippen LogP contribution < -0.4 is 15.2 Å². The molecule has 0 saturated carbocycles. The van der Waals surface area contributed by atoms with Crippen LogP contribution in [0.3, 0.4) is 0 Å². The number of halogens is 1. The second kappa shape index (κ2) is 9.98. The van der Waals surface area contributed by atoms with Gasteiger partial charge in [0, 0.05) is 19.8 Å². The topological polar surface area (TPSA) is 81.5 Å². The molecule has 0 bridgehead atoms. The Kier molecular flexibility index (Phi) is 7.35. The first kappa shape index (κ1) is 22.8. The minimum Gasteiger partial charge on any atom is -0.494 e. The molecule has 7 nitrogen and oxygen atoms in total. The molecule has 0 saturated heterocycles. The third-order valence-corrected chi connectivity index (χ3v) is 6.20. The first-order valence-corrected chi connectivity index (χ1v) is 12.0. The number of nitrogens with zero attached hydrogens (tertiary/aromatic N) is 3. The van der Waals surface area contributed by atoms with Crippen molar-refractivity contribution in [3.8, 4) is 5.75 Å². The molecule has 1 aromatic heterocycles. The number of hydrogen-bond donors (Lipinski definition) is 0. The Morgan fingerprint density at radius 1 is 1.10 bits per heavy atom. The van der Waals surface area contributed by atoms with Gasteiger partial charge in [0.05, 0.1) is 29.9 Å². The molecular formula is C22H24ClN3O4S. The van der Waals surface area contributed by atoms with E-state index in [4.69, 9.17) is 16.3 Å². The van der Waals surface area contributed by atoms with Crippen molar-refractivity contribution < 1.29 is 13.2 Å². The van der Waals surface area contributed by atoms with Crippen molar-refractivity contribution in [1.29, 1.82) is 0 Å². The number of aromatic nitrogens is 2. The lowest BCUT2D eigenvalue weighted by molar-refractivity contribution is 0.312. The molecule has 31 heavy (non-hydrogen) atoms. The summed E-state index contributed by atoms with van der Waals surface area (Å²) in [7, 11) is -1.39. The third-order valence-electron chi connectivity index (χ3n) is 4.71. The molecule has 0 aliphatic heterocycles.